The van der Waals surface area contributed by atoms with E-state index >= 15 is 0 Å². The third-order valence-electron chi connectivity index (χ3n) is 3.58. The predicted octanol–water partition coefficient (Wildman–Crippen LogP) is 3.44. The van der Waals surface area contributed by atoms with Crippen molar-refractivity contribution in [3.8, 4) is 10.4 Å². The number of carbonyl (C=O) groups excluding carboxylic acids is 2. The summed E-state index contributed by atoms with van der Waals surface area (Å²) in [6.07, 6.45) is 0. The second kappa shape index (κ2) is 7.10. The summed E-state index contributed by atoms with van der Waals surface area (Å²) in [5.74, 6) is -0.544. The topological polar surface area (TPSA) is 72.2 Å². The summed E-state index contributed by atoms with van der Waals surface area (Å²) in [5.41, 5.74) is 7.72. The molecule has 120 valence electrons. The monoisotopic (exact) mass is 336 g/mol. The van der Waals surface area contributed by atoms with Crippen molar-refractivity contribution in [2.45, 2.75) is 6.54 Å². The van der Waals surface area contributed by atoms with Crippen LogP contribution in [0.15, 0.2) is 66.7 Å². The van der Waals surface area contributed by atoms with Crippen molar-refractivity contribution in [1.82, 2.24) is 5.32 Å². The Balaban J connectivity index is 1.68. The summed E-state index contributed by atoms with van der Waals surface area (Å²) >= 11 is 1.42. The van der Waals surface area contributed by atoms with Crippen LogP contribution in [-0.2, 0) is 6.54 Å². The molecule has 2 aromatic carbocycles. The molecular formula is C19H16N2O2S. The maximum Gasteiger partial charge on any atom is 0.261 e. The van der Waals surface area contributed by atoms with Crippen LogP contribution >= 0.6 is 11.3 Å². The first-order chi connectivity index (χ1) is 11.6. The molecule has 3 aromatic rings. The minimum atomic E-state index is -0.450. The van der Waals surface area contributed by atoms with Gasteiger partial charge in [0.1, 0.15) is 0 Å². The van der Waals surface area contributed by atoms with Gasteiger partial charge in [-0.05, 0) is 35.4 Å². The average Bonchev–Trinajstić information content (AvgIpc) is 3.11. The van der Waals surface area contributed by atoms with E-state index in [4.69, 9.17) is 5.73 Å². The molecule has 0 aliphatic heterocycles. The Kier molecular flexibility index (Phi) is 4.72. The third-order valence-corrected chi connectivity index (χ3v) is 4.71. The van der Waals surface area contributed by atoms with Crippen LogP contribution in [0.5, 0.6) is 0 Å². The molecule has 2 amide bonds. The zero-order chi connectivity index (χ0) is 16.9. The molecule has 0 fully saturated rings. The summed E-state index contributed by atoms with van der Waals surface area (Å²) in [6, 6.07) is 20.5. The largest absolute Gasteiger partial charge is 0.366 e. The molecule has 0 saturated heterocycles. The molecule has 0 radical (unpaired) electrons. The van der Waals surface area contributed by atoms with Crippen LogP contribution in [0.3, 0.4) is 0 Å². The highest BCUT2D eigenvalue weighted by atomic mass is 32.1. The Morgan fingerprint density at radius 2 is 1.62 bits per heavy atom. The minimum Gasteiger partial charge on any atom is -0.366 e. The third kappa shape index (κ3) is 3.70. The molecule has 3 rings (SSSR count). The average molecular weight is 336 g/mol. The van der Waals surface area contributed by atoms with Crippen molar-refractivity contribution < 1.29 is 9.59 Å². The van der Waals surface area contributed by atoms with Crippen LogP contribution in [0.2, 0.25) is 0 Å². The lowest BCUT2D eigenvalue weighted by atomic mass is 10.1. The molecule has 0 atom stereocenters. The van der Waals surface area contributed by atoms with Crippen molar-refractivity contribution in [2.75, 3.05) is 0 Å². The lowest BCUT2D eigenvalue weighted by Gasteiger charge is -2.03. The Bertz CT molecular complexity index is 855. The number of carbonyl (C=O) groups is 2. The van der Waals surface area contributed by atoms with Gasteiger partial charge in [-0.15, -0.1) is 11.3 Å². The van der Waals surface area contributed by atoms with Crippen LogP contribution in [-0.4, -0.2) is 11.8 Å². The van der Waals surface area contributed by atoms with Crippen molar-refractivity contribution in [3.05, 3.63) is 82.7 Å². The van der Waals surface area contributed by atoms with Gasteiger partial charge in [0.2, 0.25) is 5.91 Å². The molecule has 0 bridgehead atoms. The van der Waals surface area contributed by atoms with Gasteiger partial charge in [-0.25, -0.2) is 0 Å². The van der Waals surface area contributed by atoms with E-state index in [9.17, 15) is 9.59 Å². The highest BCUT2D eigenvalue weighted by Crippen LogP contribution is 2.28. The van der Waals surface area contributed by atoms with E-state index in [1.807, 2.05) is 54.6 Å². The Morgan fingerprint density at radius 3 is 2.29 bits per heavy atom. The van der Waals surface area contributed by atoms with Gasteiger partial charge in [-0.3, -0.25) is 9.59 Å². The Labute approximate surface area is 143 Å². The second-order valence-corrected chi connectivity index (χ2v) is 6.36. The highest BCUT2D eigenvalue weighted by Gasteiger charge is 2.10. The Morgan fingerprint density at radius 1 is 0.917 bits per heavy atom. The zero-order valence-corrected chi connectivity index (χ0v) is 13.7. The molecule has 0 aliphatic rings. The molecule has 5 heteroatoms. The van der Waals surface area contributed by atoms with E-state index < -0.39 is 5.91 Å². The lowest BCUT2D eigenvalue weighted by molar-refractivity contribution is 0.0953. The SMILES string of the molecule is NC(=O)c1ccc(-c2ccc(C(=O)NCc3ccccc3)s2)cc1. The van der Waals surface area contributed by atoms with Crippen LogP contribution in [0.4, 0.5) is 0 Å². The van der Waals surface area contributed by atoms with Crippen molar-refractivity contribution in [3.63, 3.8) is 0 Å². The molecular weight excluding hydrogens is 320 g/mol. The summed E-state index contributed by atoms with van der Waals surface area (Å²) in [5, 5.41) is 2.91. The lowest BCUT2D eigenvalue weighted by Crippen LogP contribution is -2.21. The zero-order valence-electron chi connectivity index (χ0n) is 12.9. The van der Waals surface area contributed by atoms with E-state index in [1.54, 1.807) is 12.1 Å². The van der Waals surface area contributed by atoms with Gasteiger partial charge in [0.05, 0.1) is 4.88 Å². The van der Waals surface area contributed by atoms with Gasteiger partial charge in [0.15, 0.2) is 0 Å². The van der Waals surface area contributed by atoms with E-state index in [2.05, 4.69) is 5.32 Å². The number of hydrogen-bond acceptors (Lipinski definition) is 3. The van der Waals surface area contributed by atoms with E-state index in [-0.39, 0.29) is 5.91 Å². The van der Waals surface area contributed by atoms with Gasteiger partial charge in [0.25, 0.3) is 5.91 Å². The number of benzene rings is 2. The molecule has 0 spiro atoms. The maximum absolute atomic E-state index is 12.2. The molecule has 3 N–H and O–H groups in total. The molecule has 1 heterocycles. The van der Waals surface area contributed by atoms with Gasteiger partial charge < -0.3 is 11.1 Å². The normalized spacial score (nSPS) is 10.3. The van der Waals surface area contributed by atoms with E-state index in [1.165, 1.54) is 11.3 Å². The van der Waals surface area contributed by atoms with Crippen LogP contribution in [0, 0.1) is 0 Å². The van der Waals surface area contributed by atoms with Crippen LogP contribution < -0.4 is 11.1 Å². The number of thiophene rings is 1. The number of nitrogens with two attached hydrogens (primary N) is 1. The summed E-state index contributed by atoms with van der Waals surface area (Å²) in [4.78, 5) is 25.0. The minimum absolute atomic E-state index is 0.0936. The smallest absolute Gasteiger partial charge is 0.261 e. The number of amides is 2. The number of hydrogen-bond donors (Lipinski definition) is 2. The number of rotatable bonds is 5. The van der Waals surface area contributed by atoms with Crippen molar-refractivity contribution in [1.29, 1.82) is 0 Å². The summed E-state index contributed by atoms with van der Waals surface area (Å²) in [6.45, 7) is 0.500. The summed E-state index contributed by atoms with van der Waals surface area (Å²) < 4.78 is 0. The second-order valence-electron chi connectivity index (χ2n) is 5.27. The van der Waals surface area contributed by atoms with E-state index in [0.717, 1.165) is 16.0 Å². The molecule has 0 aliphatic carbocycles. The van der Waals surface area contributed by atoms with Gasteiger partial charge in [-0.2, -0.15) is 0 Å². The summed E-state index contributed by atoms with van der Waals surface area (Å²) in [7, 11) is 0. The van der Waals surface area contributed by atoms with Crippen LogP contribution in [0.1, 0.15) is 25.6 Å². The van der Waals surface area contributed by atoms with Gasteiger partial charge in [-0.1, -0.05) is 42.5 Å². The first kappa shape index (κ1) is 16.0. The standard InChI is InChI=1S/C19H16N2O2S/c20-18(22)15-8-6-14(7-9-15)16-10-11-17(24-16)19(23)21-12-13-4-2-1-3-5-13/h1-11H,12H2,(H2,20,22)(H,21,23). The van der Waals surface area contributed by atoms with Crippen LogP contribution in [0.25, 0.3) is 10.4 Å². The molecule has 4 nitrogen and oxygen atoms in total. The molecule has 24 heavy (non-hydrogen) atoms. The fourth-order valence-corrected chi connectivity index (χ4v) is 3.21. The first-order valence-electron chi connectivity index (χ1n) is 7.46. The predicted molar refractivity (Wildman–Crippen MR) is 95.9 cm³/mol. The fourth-order valence-electron chi connectivity index (χ4n) is 2.28. The molecule has 0 saturated carbocycles. The number of primary amides is 1. The van der Waals surface area contributed by atoms with Crippen molar-refractivity contribution in [2.24, 2.45) is 5.73 Å². The fraction of sp³-hybridized carbons (Fsp3) is 0.0526. The molecule has 1 aromatic heterocycles. The number of nitrogens with one attached hydrogen (secondary N) is 1. The first-order valence-corrected chi connectivity index (χ1v) is 8.27. The molecule has 0 unspecified atom stereocenters. The maximum atomic E-state index is 12.2. The van der Waals surface area contributed by atoms with E-state index in [0.29, 0.717) is 17.0 Å². The van der Waals surface area contributed by atoms with Gasteiger partial charge >= 0.3 is 0 Å². The van der Waals surface area contributed by atoms with Gasteiger partial charge in [0, 0.05) is 17.0 Å². The van der Waals surface area contributed by atoms with Crippen molar-refractivity contribution >= 4 is 23.2 Å². The quantitative estimate of drug-likeness (QED) is 0.749. The highest BCUT2D eigenvalue weighted by molar-refractivity contribution is 7.17. The Hall–Kier alpha value is -2.92.